The van der Waals surface area contributed by atoms with Crippen molar-refractivity contribution < 1.29 is 32.9 Å². The van der Waals surface area contributed by atoms with Gasteiger partial charge in [0.15, 0.2) is 5.60 Å². The monoisotopic (exact) mass is 402 g/mol. The minimum atomic E-state index is -3.29. The van der Waals surface area contributed by atoms with Crippen molar-refractivity contribution in [2.75, 3.05) is 19.9 Å². The summed E-state index contributed by atoms with van der Waals surface area (Å²) in [5.41, 5.74) is -0.0327. The van der Waals surface area contributed by atoms with Crippen LogP contribution in [0.5, 0.6) is 0 Å². The van der Waals surface area contributed by atoms with Crippen molar-refractivity contribution in [1.82, 2.24) is 10.3 Å². The molecule has 1 aliphatic rings. The van der Waals surface area contributed by atoms with Gasteiger partial charge in [-0.1, -0.05) is 24.3 Å². The van der Waals surface area contributed by atoms with E-state index in [1.54, 1.807) is 23.6 Å². The Balaban J connectivity index is 1.71. The average molecular weight is 402 g/mol. The first-order chi connectivity index (χ1) is 12.8. The summed E-state index contributed by atoms with van der Waals surface area (Å²) in [6, 6.07) is 4.86. The Morgan fingerprint density at radius 3 is 2.52 bits per heavy atom. The molecular formula is C17H17F3N2O4S. The van der Waals surface area contributed by atoms with Crippen molar-refractivity contribution in [3.8, 4) is 10.4 Å². The molecule has 27 heavy (non-hydrogen) atoms. The van der Waals surface area contributed by atoms with E-state index >= 15 is 0 Å². The molecule has 1 aliphatic heterocycles. The summed E-state index contributed by atoms with van der Waals surface area (Å²) < 4.78 is 42.7. The number of nitrogens with one attached hydrogen (secondary N) is 1. The lowest BCUT2D eigenvalue weighted by molar-refractivity contribution is -0.184. The molecule has 1 aromatic carbocycles. The van der Waals surface area contributed by atoms with Crippen molar-refractivity contribution in [3.63, 3.8) is 0 Å². The van der Waals surface area contributed by atoms with Gasteiger partial charge in [0.05, 0.1) is 24.1 Å². The van der Waals surface area contributed by atoms with E-state index in [0.717, 1.165) is 10.4 Å². The van der Waals surface area contributed by atoms with Crippen LogP contribution in [0.3, 0.4) is 0 Å². The molecule has 3 N–H and O–H groups in total. The SMILES string of the molecule is O=C(N[C@H](CF)[C@@H](O)c1ccc(-c2cnc(C3(O)COC3)s2)cc1)C(F)F. The Bertz CT molecular complexity index is 796. The largest absolute Gasteiger partial charge is 0.386 e. The summed E-state index contributed by atoms with van der Waals surface area (Å²) in [6.07, 6.45) is -3.16. The highest BCUT2D eigenvalue weighted by molar-refractivity contribution is 7.15. The first-order valence-corrected chi connectivity index (χ1v) is 8.85. The number of benzene rings is 1. The van der Waals surface area contributed by atoms with Gasteiger partial charge in [-0.2, -0.15) is 8.78 Å². The van der Waals surface area contributed by atoms with Crippen LogP contribution in [0.1, 0.15) is 16.7 Å². The van der Waals surface area contributed by atoms with Gasteiger partial charge in [0.2, 0.25) is 0 Å². The summed E-state index contributed by atoms with van der Waals surface area (Å²) >= 11 is 1.30. The summed E-state index contributed by atoms with van der Waals surface area (Å²) in [7, 11) is 0. The fraction of sp³-hybridized carbons (Fsp3) is 0.412. The Morgan fingerprint density at radius 2 is 2.00 bits per heavy atom. The number of hydrogen-bond donors (Lipinski definition) is 3. The molecule has 0 bridgehead atoms. The van der Waals surface area contributed by atoms with Crippen molar-refractivity contribution in [2.24, 2.45) is 0 Å². The minimum absolute atomic E-state index is 0.194. The van der Waals surface area contributed by atoms with Crippen molar-refractivity contribution in [2.45, 2.75) is 24.2 Å². The summed E-state index contributed by atoms with van der Waals surface area (Å²) in [4.78, 5) is 16.0. The zero-order chi connectivity index (χ0) is 19.6. The maximum atomic E-state index is 13.1. The zero-order valence-electron chi connectivity index (χ0n) is 13.9. The van der Waals surface area contributed by atoms with Gasteiger partial charge in [0, 0.05) is 6.20 Å². The number of nitrogens with zero attached hydrogens (tertiary/aromatic N) is 1. The van der Waals surface area contributed by atoms with Crippen LogP contribution in [0.25, 0.3) is 10.4 Å². The second kappa shape index (κ2) is 7.93. The fourth-order valence-corrected chi connectivity index (χ4v) is 3.55. The van der Waals surface area contributed by atoms with Crippen molar-refractivity contribution in [3.05, 3.63) is 41.0 Å². The molecular weight excluding hydrogens is 385 g/mol. The first kappa shape index (κ1) is 19.7. The average Bonchev–Trinajstić information content (AvgIpc) is 3.14. The molecule has 3 rings (SSSR count). The van der Waals surface area contributed by atoms with Crippen molar-refractivity contribution >= 4 is 17.2 Å². The van der Waals surface area contributed by atoms with E-state index in [1.165, 1.54) is 23.5 Å². The number of carbonyl (C=O) groups excluding carboxylic acids is 1. The molecule has 0 aliphatic carbocycles. The molecule has 0 spiro atoms. The van der Waals surface area contributed by atoms with Gasteiger partial charge in [-0.25, -0.2) is 9.37 Å². The third-order valence-corrected chi connectivity index (χ3v) is 5.44. The highest BCUT2D eigenvalue weighted by Gasteiger charge is 2.40. The number of aromatic nitrogens is 1. The maximum absolute atomic E-state index is 13.1. The molecule has 2 atom stereocenters. The van der Waals surface area contributed by atoms with E-state index < -0.39 is 36.8 Å². The van der Waals surface area contributed by atoms with Crippen LogP contribution >= 0.6 is 11.3 Å². The highest BCUT2D eigenvalue weighted by atomic mass is 32.1. The summed E-state index contributed by atoms with van der Waals surface area (Å²) in [6.45, 7) is -0.805. The Labute approximate surface area is 156 Å². The van der Waals surface area contributed by atoms with E-state index in [1.807, 2.05) is 0 Å². The number of aliphatic hydroxyl groups excluding tert-OH is 1. The van der Waals surface area contributed by atoms with Crippen molar-refractivity contribution in [1.29, 1.82) is 0 Å². The van der Waals surface area contributed by atoms with E-state index in [0.29, 0.717) is 5.01 Å². The number of amides is 1. The predicted octanol–water partition coefficient (Wildman–Crippen LogP) is 1.78. The normalized spacial score (nSPS) is 18.0. The molecule has 0 saturated carbocycles. The smallest absolute Gasteiger partial charge is 0.315 e. The quantitative estimate of drug-likeness (QED) is 0.657. The van der Waals surface area contributed by atoms with Crippen LogP contribution in [-0.2, 0) is 15.1 Å². The first-order valence-electron chi connectivity index (χ1n) is 8.03. The van der Waals surface area contributed by atoms with Crippen LogP contribution < -0.4 is 5.32 Å². The lowest BCUT2D eigenvalue weighted by Gasteiger charge is -2.34. The molecule has 1 aromatic heterocycles. The third-order valence-electron chi connectivity index (χ3n) is 4.20. The number of aliphatic hydroxyl groups is 2. The van der Waals surface area contributed by atoms with Crippen LogP contribution in [0.4, 0.5) is 13.2 Å². The molecule has 6 nitrogen and oxygen atoms in total. The second-order valence-electron chi connectivity index (χ2n) is 6.19. The molecule has 2 aromatic rings. The van der Waals surface area contributed by atoms with Gasteiger partial charge in [-0.15, -0.1) is 11.3 Å². The molecule has 146 valence electrons. The van der Waals surface area contributed by atoms with E-state index in [2.05, 4.69) is 4.98 Å². The highest BCUT2D eigenvalue weighted by Crippen LogP contribution is 2.36. The molecule has 1 fully saturated rings. The van der Waals surface area contributed by atoms with Gasteiger partial charge in [-0.3, -0.25) is 4.79 Å². The summed E-state index contributed by atoms with van der Waals surface area (Å²) in [5.74, 6) is -1.64. The number of alkyl halides is 3. The van der Waals surface area contributed by atoms with Gasteiger partial charge < -0.3 is 20.3 Å². The van der Waals surface area contributed by atoms with Crippen LogP contribution in [0, 0.1) is 0 Å². The Kier molecular flexibility index (Phi) is 5.80. The van der Waals surface area contributed by atoms with Gasteiger partial charge in [0.1, 0.15) is 17.8 Å². The number of hydrogen-bond acceptors (Lipinski definition) is 6. The molecule has 2 heterocycles. The number of rotatable bonds is 7. The lowest BCUT2D eigenvalue weighted by Crippen LogP contribution is -2.46. The lowest BCUT2D eigenvalue weighted by atomic mass is 10.0. The zero-order valence-corrected chi connectivity index (χ0v) is 14.8. The fourth-order valence-electron chi connectivity index (χ4n) is 2.57. The number of halogens is 3. The van der Waals surface area contributed by atoms with E-state index in [4.69, 9.17) is 4.74 Å². The number of carbonyl (C=O) groups is 1. The topological polar surface area (TPSA) is 91.7 Å². The number of ether oxygens (including phenoxy) is 1. The van der Waals surface area contributed by atoms with E-state index in [9.17, 15) is 28.2 Å². The predicted molar refractivity (Wildman–Crippen MR) is 91.1 cm³/mol. The van der Waals surface area contributed by atoms with Crippen LogP contribution in [-0.4, -0.2) is 53.5 Å². The molecule has 0 unspecified atom stereocenters. The molecule has 10 heteroatoms. The summed E-state index contributed by atoms with van der Waals surface area (Å²) in [5, 5.41) is 22.7. The number of thiazole rings is 1. The molecule has 1 saturated heterocycles. The van der Waals surface area contributed by atoms with Crippen LogP contribution in [0.15, 0.2) is 30.5 Å². The van der Waals surface area contributed by atoms with Gasteiger partial charge in [0.25, 0.3) is 5.91 Å². The Morgan fingerprint density at radius 1 is 1.33 bits per heavy atom. The standard InChI is InChI=1S/C17H17F3N2O4S/c18-5-11(22-15(24)14(19)20)13(23)10-3-1-9(2-4-10)12-6-21-16(27-12)17(25)7-26-8-17/h1-4,6,11,13-14,23,25H,5,7-8H2,(H,22,24)/t11-,13+/m1/s1. The maximum Gasteiger partial charge on any atom is 0.315 e. The second-order valence-corrected chi connectivity index (χ2v) is 7.22. The van der Waals surface area contributed by atoms with Gasteiger partial charge in [-0.05, 0) is 11.1 Å². The van der Waals surface area contributed by atoms with Gasteiger partial charge >= 0.3 is 6.43 Å². The minimum Gasteiger partial charge on any atom is -0.386 e. The Hall–Kier alpha value is -2.01. The third kappa shape index (κ3) is 4.13. The van der Waals surface area contributed by atoms with E-state index in [-0.39, 0.29) is 18.8 Å². The molecule has 1 amide bonds. The van der Waals surface area contributed by atoms with Crippen LogP contribution in [0.2, 0.25) is 0 Å². The molecule has 0 radical (unpaired) electrons.